The van der Waals surface area contributed by atoms with Crippen molar-refractivity contribution in [3.05, 3.63) is 59.2 Å². The lowest BCUT2D eigenvalue weighted by Gasteiger charge is -2.09. The Hall–Kier alpha value is -1.94. The molecule has 1 aromatic heterocycles. The molecule has 1 N–H and O–H groups in total. The van der Waals surface area contributed by atoms with Gasteiger partial charge in [-0.25, -0.2) is 4.39 Å². The van der Waals surface area contributed by atoms with E-state index in [1.807, 2.05) is 26.0 Å². The molecule has 3 nitrogen and oxygen atoms in total. The third kappa shape index (κ3) is 4.31. The Morgan fingerprint density at radius 1 is 1.15 bits per heavy atom. The molecule has 0 aliphatic heterocycles. The molecule has 4 heteroatoms. The van der Waals surface area contributed by atoms with Gasteiger partial charge in [0.25, 0.3) is 0 Å². The zero-order chi connectivity index (χ0) is 14.4. The van der Waals surface area contributed by atoms with E-state index in [1.54, 1.807) is 12.4 Å². The number of hydrogen-bond donors (Lipinski definition) is 1. The molecule has 0 bridgehead atoms. The van der Waals surface area contributed by atoms with Crippen molar-refractivity contribution in [1.29, 1.82) is 0 Å². The van der Waals surface area contributed by atoms with Crippen molar-refractivity contribution < 1.29 is 9.13 Å². The molecule has 0 atom stereocenters. The summed E-state index contributed by atoms with van der Waals surface area (Å²) in [4.78, 5) is 4.11. The van der Waals surface area contributed by atoms with Crippen LogP contribution in [0.5, 0.6) is 5.75 Å². The zero-order valence-corrected chi connectivity index (χ0v) is 11.8. The lowest BCUT2D eigenvalue weighted by atomic mass is 10.2. The number of nitrogens with one attached hydrogen (secondary N) is 1. The number of pyridine rings is 1. The van der Waals surface area contributed by atoms with Crippen LogP contribution in [0.4, 0.5) is 4.39 Å². The summed E-state index contributed by atoms with van der Waals surface area (Å²) in [5.41, 5.74) is 2.94. The number of hydrogen-bond acceptors (Lipinski definition) is 3. The largest absolute Gasteiger partial charge is 0.489 e. The van der Waals surface area contributed by atoms with E-state index in [-0.39, 0.29) is 5.82 Å². The third-order valence-electron chi connectivity index (χ3n) is 2.85. The van der Waals surface area contributed by atoms with Gasteiger partial charge in [-0.2, -0.15) is 0 Å². The van der Waals surface area contributed by atoms with Gasteiger partial charge in [0.05, 0.1) is 0 Å². The maximum Gasteiger partial charge on any atom is 0.127 e. The standard InChI is InChI=1S/C16H19FN2O/c1-3-18-9-13-5-15(17)7-16(6-13)20-11-14-4-12(2)8-19-10-14/h4-8,10,18H,3,9,11H2,1-2H3. The average molecular weight is 274 g/mol. The maximum atomic E-state index is 13.5. The van der Waals surface area contributed by atoms with Gasteiger partial charge in [-0.1, -0.05) is 6.92 Å². The highest BCUT2D eigenvalue weighted by Gasteiger charge is 2.03. The number of ether oxygens (including phenoxy) is 1. The van der Waals surface area contributed by atoms with Gasteiger partial charge in [-0.05, 0) is 42.8 Å². The highest BCUT2D eigenvalue weighted by Crippen LogP contribution is 2.18. The lowest BCUT2D eigenvalue weighted by molar-refractivity contribution is 0.303. The molecule has 0 saturated heterocycles. The second-order valence-corrected chi connectivity index (χ2v) is 4.73. The van der Waals surface area contributed by atoms with Crippen LogP contribution in [0.3, 0.4) is 0 Å². The average Bonchev–Trinajstić information content (AvgIpc) is 2.42. The second kappa shape index (κ2) is 7.01. The summed E-state index contributed by atoms with van der Waals surface area (Å²) < 4.78 is 19.2. The van der Waals surface area contributed by atoms with E-state index in [0.717, 1.165) is 23.2 Å². The van der Waals surface area contributed by atoms with Crippen LogP contribution in [0.2, 0.25) is 0 Å². The van der Waals surface area contributed by atoms with Gasteiger partial charge >= 0.3 is 0 Å². The minimum Gasteiger partial charge on any atom is -0.489 e. The number of rotatable bonds is 6. The number of aromatic nitrogens is 1. The van der Waals surface area contributed by atoms with Crippen LogP contribution in [0.1, 0.15) is 23.6 Å². The smallest absolute Gasteiger partial charge is 0.127 e. The zero-order valence-electron chi connectivity index (χ0n) is 11.8. The number of halogens is 1. The Morgan fingerprint density at radius 3 is 2.75 bits per heavy atom. The van der Waals surface area contributed by atoms with Crippen molar-refractivity contribution in [3.8, 4) is 5.75 Å². The van der Waals surface area contributed by atoms with E-state index in [1.165, 1.54) is 12.1 Å². The van der Waals surface area contributed by atoms with Gasteiger partial charge in [-0.3, -0.25) is 4.98 Å². The molecule has 1 aromatic carbocycles. The quantitative estimate of drug-likeness (QED) is 0.878. The van der Waals surface area contributed by atoms with Crippen molar-refractivity contribution >= 4 is 0 Å². The van der Waals surface area contributed by atoms with E-state index in [9.17, 15) is 4.39 Å². The molecule has 0 amide bonds. The van der Waals surface area contributed by atoms with Crippen molar-refractivity contribution in [3.63, 3.8) is 0 Å². The molecule has 0 radical (unpaired) electrons. The number of nitrogens with zero attached hydrogens (tertiary/aromatic N) is 1. The Bertz CT molecular complexity index is 572. The van der Waals surface area contributed by atoms with E-state index in [4.69, 9.17) is 4.74 Å². The summed E-state index contributed by atoms with van der Waals surface area (Å²) in [6, 6.07) is 6.78. The van der Waals surface area contributed by atoms with Crippen LogP contribution in [-0.4, -0.2) is 11.5 Å². The first-order chi connectivity index (χ1) is 9.67. The van der Waals surface area contributed by atoms with Crippen LogP contribution < -0.4 is 10.1 Å². The molecule has 0 unspecified atom stereocenters. The fourth-order valence-electron chi connectivity index (χ4n) is 1.94. The normalized spacial score (nSPS) is 10.6. The maximum absolute atomic E-state index is 13.5. The number of aryl methyl sites for hydroxylation is 1. The van der Waals surface area contributed by atoms with E-state index < -0.39 is 0 Å². The molecular weight excluding hydrogens is 255 g/mol. The molecule has 2 rings (SSSR count). The molecule has 0 saturated carbocycles. The SMILES string of the molecule is CCNCc1cc(F)cc(OCc2cncc(C)c2)c1. The topological polar surface area (TPSA) is 34.1 Å². The predicted molar refractivity (Wildman–Crippen MR) is 77.1 cm³/mol. The highest BCUT2D eigenvalue weighted by atomic mass is 19.1. The highest BCUT2D eigenvalue weighted by molar-refractivity contribution is 5.30. The fourth-order valence-corrected chi connectivity index (χ4v) is 1.94. The lowest BCUT2D eigenvalue weighted by Crippen LogP contribution is -2.12. The van der Waals surface area contributed by atoms with E-state index in [2.05, 4.69) is 10.3 Å². The molecular formula is C16H19FN2O. The first kappa shape index (κ1) is 14.5. The van der Waals surface area contributed by atoms with Crippen LogP contribution in [0, 0.1) is 12.7 Å². The van der Waals surface area contributed by atoms with Crippen molar-refractivity contribution in [2.45, 2.75) is 27.0 Å². The van der Waals surface area contributed by atoms with Crippen LogP contribution in [0.25, 0.3) is 0 Å². The summed E-state index contributed by atoms with van der Waals surface area (Å²) in [5, 5.41) is 3.17. The molecule has 2 aromatic rings. The van der Waals surface area contributed by atoms with E-state index in [0.29, 0.717) is 18.9 Å². The minimum absolute atomic E-state index is 0.280. The Labute approximate surface area is 118 Å². The van der Waals surface area contributed by atoms with Crippen LogP contribution in [-0.2, 0) is 13.2 Å². The summed E-state index contributed by atoms with van der Waals surface area (Å²) in [6.45, 7) is 5.87. The van der Waals surface area contributed by atoms with Crippen molar-refractivity contribution in [1.82, 2.24) is 10.3 Å². The second-order valence-electron chi connectivity index (χ2n) is 4.73. The van der Waals surface area contributed by atoms with Crippen LogP contribution >= 0.6 is 0 Å². The molecule has 20 heavy (non-hydrogen) atoms. The first-order valence-electron chi connectivity index (χ1n) is 6.71. The third-order valence-corrected chi connectivity index (χ3v) is 2.85. The van der Waals surface area contributed by atoms with Gasteiger partial charge in [0.2, 0.25) is 0 Å². The summed E-state index contributed by atoms with van der Waals surface area (Å²) >= 11 is 0. The monoisotopic (exact) mass is 274 g/mol. The van der Waals surface area contributed by atoms with Gasteiger partial charge in [0.15, 0.2) is 0 Å². The summed E-state index contributed by atoms with van der Waals surface area (Å²) in [7, 11) is 0. The van der Waals surface area contributed by atoms with Crippen LogP contribution in [0.15, 0.2) is 36.7 Å². The summed E-state index contributed by atoms with van der Waals surface area (Å²) in [6.07, 6.45) is 3.55. The van der Waals surface area contributed by atoms with E-state index >= 15 is 0 Å². The summed E-state index contributed by atoms with van der Waals surface area (Å²) in [5.74, 6) is 0.261. The van der Waals surface area contributed by atoms with Gasteiger partial charge < -0.3 is 10.1 Å². The Kier molecular flexibility index (Phi) is 5.07. The molecule has 0 spiro atoms. The number of benzene rings is 1. The Morgan fingerprint density at radius 2 is 2.00 bits per heavy atom. The molecule has 0 fully saturated rings. The first-order valence-corrected chi connectivity index (χ1v) is 6.71. The van der Waals surface area contributed by atoms with Gasteiger partial charge in [-0.15, -0.1) is 0 Å². The minimum atomic E-state index is -0.280. The van der Waals surface area contributed by atoms with Gasteiger partial charge in [0, 0.05) is 30.6 Å². The van der Waals surface area contributed by atoms with Crippen molar-refractivity contribution in [2.75, 3.05) is 6.54 Å². The van der Waals surface area contributed by atoms with Gasteiger partial charge in [0.1, 0.15) is 18.2 Å². The molecule has 1 heterocycles. The van der Waals surface area contributed by atoms with Crippen molar-refractivity contribution in [2.24, 2.45) is 0 Å². The molecule has 106 valence electrons. The Balaban J connectivity index is 2.03. The fraction of sp³-hybridized carbons (Fsp3) is 0.312. The predicted octanol–water partition coefficient (Wildman–Crippen LogP) is 3.22. The molecule has 0 aliphatic rings. The molecule has 0 aliphatic carbocycles.